The summed E-state index contributed by atoms with van der Waals surface area (Å²) in [4.78, 5) is 11.5. The van der Waals surface area contributed by atoms with Crippen LogP contribution in [0.2, 0.25) is 0 Å². The van der Waals surface area contributed by atoms with E-state index in [1.165, 1.54) is 5.56 Å². The molecule has 4 nitrogen and oxygen atoms in total. The van der Waals surface area contributed by atoms with E-state index in [-0.39, 0.29) is 5.75 Å². The van der Waals surface area contributed by atoms with Crippen molar-refractivity contribution in [1.82, 2.24) is 5.32 Å². The van der Waals surface area contributed by atoms with E-state index in [0.717, 1.165) is 6.42 Å². The number of amides is 1. The van der Waals surface area contributed by atoms with Gasteiger partial charge < -0.3 is 16.2 Å². The molecular weight excluding hydrogens is 252 g/mol. The Labute approximate surface area is 118 Å². The number of rotatable bonds is 6. The third-order valence-electron chi connectivity index (χ3n) is 3.14. The molecule has 0 aromatic heterocycles. The van der Waals surface area contributed by atoms with Crippen molar-refractivity contribution in [2.24, 2.45) is 5.73 Å². The smallest absolute Gasteiger partial charge is 0.239 e. The van der Waals surface area contributed by atoms with Gasteiger partial charge in [-0.3, -0.25) is 4.79 Å². The van der Waals surface area contributed by atoms with E-state index in [4.69, 9.17) is 5.73 Å². The lowest BCUT2D eigenvalue weighted by molar-refractivity contribution is -0.120. The summed E-state index contributed by atoms with van der Waals surface area (Å²) in [5, 5.41) is 12.9. The fourth-order valence-corrected chi connectivity index (χ4v) is 2.10. The summed E-state index contributed by atoms with van der Waals surface area (Å²) in [6, 6.07) is 16.0. The Morgan fingerprint density at radius 3 is 2.40 bits per heavy atom. The van der Waals surface area contributed by atoms with Crippen LogP contribution >= 0.6 is 0 Å². The normalized spacial score (nSPS) is 12.0. The molecular formula is C16H18N2O2. The monoisotopic (exact) mass is 270 g/mol. The van der Waals surface area contributed by atoms with E-state index in [0.29, 0.717) is 12.1 Å². The van der Waals surface area contributed by atoms with Crippen molar-refractivity contribution >= 4 is 5.91 Å². The highest BCUT2D eigenvalue weighted by Gasteiger charge is 2.19. The van der Waals surface area contributed by atoms with Gasteiger partial charge in [-0.1, -0.05) is 48.5 Å². The molecule has 0 aliphatic rings. The molecule has 0 saturated heterocycles. The van der Waals surface area contributed by atoms with Gasteiger partial charge in [0.15, 0.2) is 0 Å². The molecule has 0 fully saturated rings. The highest BCUT2D eigenvalue weighted by molar-refractivity contribution is 5.82. The van der Waals surface area contributed by atoms with Crippen molar-refractivity contribution in [3.8, 4) is 5.75 Å². The van der Waals surface area contributed by atoms with Crippen molar-refractivity contribution in [1.29, 1.82) is 0 Å². The first-order valence-corrected chi connectivity index (χ1v) is 6.53. The molecule has 2 aromatic carbocycles. The zero-order valence-corrected chi connectivity index (χ0v) is 11.1. The van der Waals surface area contributed by atoms with Crippen molar-refractivity contribution < 1.29 is 9.90 Å². The quantitative estimate of drug-likeness (QED) is 0.748. The molecule has 0 aliphatic carbocycles. The van der Waals surface area contributed by atoms with Gasteiger partial charge in [-0.05, 0) is 18.1 Å². The van der Waals surface area contributed by atoms with Crippen LogP contribution in [0.5, 0.6) is 5.75 Å². The maximum atomic E-state index is 11.5. The van der Waals surface area contributed by atoms with E-state index in [1.54, 1.807) is 24.3 Å². The highest BCUT2D eigenvalue weighted by atomic mass is 16.3. The predicted octanol–water partition coefficient (Wildman–Crippen LogP) is 1.75. The largest absolute Gasteiger partial charge is 0.508 e. The summed E-state index contributed by atoms with van der Waals surface area (Å²) in [5.41, 5.74) is 7.09. The van der Waals surface area contributed by atoms with Crippen LogP contribution in [0.4, 0.5) is 0 Å². The van der Waals surface area contributed by atoms with Crippen LogP contribution in [0.1, 0.15) is 17.2 Å². The number of phenols is 1. The van der Waals surface area contributed by atoms with Crippen LogP contribution in [0.3, 0.4) is 0 Å². The second kappa shape index (κ2) is 6.73. The SMILES string of the molecule is NC(=O)C(NCCc1ccccc1)c1ccccc1O. The third kappa shape index (κ3) is 3.59. The number of nitrogens with two attached hydrogens (primary N) is 1. The summed E-state index contributed by atoms with van der Waals surface area (Å²) in [6.45, 7) is 0.603. The summed E-state index contributed by atoms with van der Waals surface area (Å²) in [5.74, 6) is -0.428. The van der Waals surface area contributed by atoms with E-state index in [2.05, 4.69) is 5.32 Å². The van der Waals surface area contributed by atoms with Gasteiger partial charge >= 0.3 is 0 Å². The van der Waals surface area contributed by atoms with Gasteiger partial charge in [-0.15, -0.1) is 0 Å². The first-order chi connectivity index (χ1) is 9.68. The molecule has 4 N–H and O–H groups in total. The summed E-state index contributed by atoms with van der Waals surface area (Å²) in [7, 11) is 0. The molecule has 0 heterocycles. The zero-order valence-electron chi connectivity index (χ0n) is 11.1. The van der Waals surface area contributed by atoms with Gasteiger partial charge in [0.2, 0.25) is 5.91 Å². The van der Waals surface area contributed by atoms with Gasteiger partial charge in [0, 0.05) is 12.1 Å². The fourth-order valence-electron chi connectivity index (χ4n) is 2.10. The fraction of sp³-hybridized carbons (Fsp3) is 0.188. The van der Waals surface area contributed by atoms with Crippen LogP contribution < -0.4 is 11.1 Å². The average molecular weight is 270 g/mol. The molecule has 0 aliphatic heterocycles. The van der Waals surface area contributed by atoms with Crippen molar-refractivity contribution in [2.75, 3.05) is 6.54 Å². The Kier molecular flexibility index (Phi) is 4.74. The number of carbonyl (C=O) groups is 1. The maximum absolute atomic E-state index is 11.5. The van der Waals surface area contributed by atoms with Crippen molar-refractivity contribution in [3.05, 3.63) is 65.7 Å². The van der Waals surface area contributed by atoms with Crippen molar-refractivity contribution in [3.63, 3.8) is 0 Å². The third-order valence-corrected chi connectivity index (χ3v) is 3.14. The molecule has 1 amide bonds. The molecule has 2 rings (SSSR count). The number of phenolic OH excluding ortho intramolecular Hbond substituents is 1. The molecule has 0 saturated carbocycles. The number of aromatic hydroxyl groups is 1. The Hall–Kier alpha value is -2.33. The minimum atomic E-state index is -0.681. The Balaban J connectivity index is 2.01. The first-order valence-electron chi connectivity index (χ1n) is 6.53. The standard InChI is InChI=1S/C16H18N2O2/c17-16(20)15(13-8-4-5-9-14(13)19)18-11-10-12-6-2-1-3-7-12/h1-9,15,18-19H,10-11H2,(H2,17,20). The Bertz CT molecular complexity index is 570. The van der Waals surface area contributed by atoms with Gasteiger partial charge in [-0.2, -0.15) is 0 Å². The number of benzene rings is 2. The Morgan fingerprint density at radius 1 is 1.10 bits per heavy atom. The van der Waals surface area contributed by atoms with Crippen LogP contribution in [-0.2, 0) is 11.2 Å². The van der Waals surface area contributed by atoms with E-state index < -0.39 is 11.9 Å². The van der Waals surface area contributed by atoms with E-state index >= 15 is 0 Å². The molecule has 0 spiro atoms. The molecule has 4 heteroatoms. The lowest BCUT2D eigenvalue weighted by Crippen LogP contribution is -2.34. The summed E-state index contributed by atoms with van der Waals surface area (Å²) < 4.78 is 0. The van der Waals surface area contributed by atoms with Gasteiger partial charge in [0.25, 0.3) is 0 Å². The second-order valence-corrected chi connectivity index (χ2v) is 4.58. The second-order valence-electron chi connectivity index (χ2n) is 4.58. The van der Waals surface area contributed by atoms with Crippen LogP contribution in [0.25, 0.3) is 0 Å². The maximum Gasteiger partial charge on any atom is 0.239 e. The number of hydrogen-bond acceptors (Lipinski definition) is 3. The molecule has 1 unspecified atom stereocenters. The molecule has 0 radical (unpaired) electrons. The van der Waals surface area contributed by atoms with Gasteiger partial charge in [0.1, 0.15) is 11.8 Å². The molecule has 2 aromatic rings. The minimum Gasteiger partial charge on any atom is -0.508 e. The lowest BCUT2D eigenvalue weighted by Gasteiger charge is -2.17. The minimum absolute atomic E-state index is 0.0727. The molecule has 0 bridgehead atoms. The topological polar surface area (TPSA) is 75.4 Å². The summed E-state index contributed by atoms with van der Waals surface area (Å²) >= 11 is 0. The Morgan fingerprint density at radius 2 is 1.75 bits per heavy atom. The first kappa shape index (κ1) is 14.1. The summed E-state index contributed by atoms with van der Waals surface area (Å²) in [6.07, 6.45) is 0.790. The molecule has 20 heavy (non-hydrogen) atoms. The van der Waals surface area contributed by atoms with Gasteiger partial charge in [0.05, 0.1) is 0 Å². The average Bonchev–Trinajstić information content (AvgIpc) is 2.45. The van der Waals surface area contributed by atoms with E-state index in [9.17, 15) is 9.90 Å². The van der Waals surface area contributed by atoms with Gasteiger partial charge in [-0.25, -0.2) is 0 Å². The van der Waals surface area contributed by atoms with Crippen molar-refractivity contribution in [2.45, 2.75) is 12.5 Å². The number of para-hydroxylation sites is 1. The van der Waals surface area contributed by atoms with Crippen LogP contribution in [0, 0.1) is 0 Å². The molecule has 1 atom stereocenters. The number of primary amides is 1. The number of nitrogens with one attached hydrogen (secondary N) is 1. The van der Waals surface area contributed by atoms with E-state index in [1.807, 2.05) is 30.3 Å². The number of carbonyl (C=O) groups excluding carboxylic acids is 1. The predicted molar refractivity (Wildman–Crippen MR) is 78.2 cm³/mol. The zero-order chi connectivity index (χ0) is 14.4. The molecule has 104 valence electrons. The van der Waals surface area contributed by atoms with Crippen LogP contribution in [0.15, 0.2) is 54.6 Å². The lowest BCUT2D eigenvalue weighted by atomic mass is 10.0. The van der Waals surface area contributed by atoms with Crippen LogP contribution in [-0.4, -0.2) is 17.6 Å². The highest BCUT2D eigenvalue weighted by Crippen LogP contribution is 2.23. The number of hydrogen-bond donors (Lipinski definition) is 3.